The predicted octanol–water partition coefficient (Wildman–Crippen LogP) is 5.82. The summed E-state index contributed by atoms with van der Waals surface area (Å²) in [6.07, 6.45) is -2.24. The molecule has 0 aliphatic heterocycles. The Morgan fingerprint density at radius 3 is 2.59 bits per heavy atom. The SMILES string of the molecule is N#Cc1c2ccccc2n2cc(Oc3ncc(C(F)(F)F)cc3Cl)ccc12. The van der Waals surface area contributed by atoms with Crippen molar-refractivity contribution in [2.24, 2.45) is 0 Å². The van der Waals surface area contributed by atoms with Crippen molar-refractivity contribution in [1.29, 1.82) is 5.26 Å². The Balaban J connectivity index is 1.78. The van der Waals surface area contributed by atoms with Gasteiger partial charge in [-0.05, 0) is 24.3 Å². The standard InChI is InChI=1S/C19H9ClF3N3O/c20-15-7-11(19(21,22)23)9-25-18(15)27-12-5-6-17-14(8-24)13-3-1-2-4-16(13)26(17)10-12/h1-7,9-10H. The van der Waals surface area contributed by atoms with E-state index < -0.39 is 11.7 Å². The van der Waals surface area contributed by atoms with Gasteiger partial charge in [-0.25, -0.2) is 4.98 Å². The Kier molecular flexibility index (Phi) is 3.93. The molecule has 4 aromatic rings. The summed E-state index contributed by atoms with van der Waals surface area (Å²) in [5.74, 6) is 0.183. The van der Waals surface area contributed by atoms with Crippen molar-refractivity contribution in [3.63, 3.8) is 0 Å². The number of rotatable bonds is 2. The van der Waals surface area contributed by atoms with Crippen molar-refractivity contribution in [3.8, 4) is 17.7 Å². The fraction of sp³-hybridized carbons (Fsp3) is 0.0526. The van der Waals surface area contributed by atoms with Gasteiger partial charge < -0.3 is 9.14 Å². The fourth-order valence-corrected chi connectivity index (χ4v) is 3.07. The lowest BCUT2D eigenvalue weighted by Crippen LogP contribution is -2.05. The van der Waals surface area contributed by atoms with E-state index in [1.807, 2.05) is 24.3 Å². The molecule has 0 unspecified atom stereocenters. The summed E-state index contributed by atoms with van der Waals surface area (Å²) in [7, 11) is 0. The summed E-state index contributed by atoms with van der Waals surface area (Å²) in [6, 6.07) is 13.6. The van der Waals surface area contributed by atoms with Crippen molar-refractivity contribution in [2.45, 2.75) is 6.18 Å². The molecule has 3 heterocycles. The Hall–Kier alpha value is -3.24. The fourth-order valence-electron chi connectivity index (χ4n) is 2.86. The van der Waals surface area contributed by atoms with Crippen LogP contribution in [0.1, 0.15) is 11.1 Å². The van der Waals surface area contributed by atoms with E-state index in [1.54, 1.807) is 22.7 Å². The number of alkyl halides is 3. The number of halogens is 4. The van der Waals surface area contributed by atoms with Crippen LogP contribution >= 0.6 is 11.6 Å². The van der Waals surface area contributed by atoms with Gasteiger partial charge in [-0.2, -0.15) is 18.4 Å². The first-order valence-corrected chi connectivity index (χ1v) is 8.10. The van der Waals surface area contributed by atoms with Crippen LogP contribution in [0.15, 0.2) is 54.9 Å². The van der Waals surface area contributed by atoms with Crippen LogP contribution in [-0.4, -0.2) is 9.38 Å². The third-order valence-corrected chi connectivity index (χ3v) is 4.34. The number of aromatic nitrogens is 2. The van der Waals surface area contributed by atoms with Gasteiger partial charge in [-0.15, -0.1) is 0 Å². The monoisotopic (exact) mass is 387 g/mol. The zero-order chi connectivity index (χ0) is 19.2. The molecule has 0 N–H and O–H groups in total. The van der Waals surface area contributed by atoms with E-state index in [0.29, 0.717) is 23.0 Å². The molecule has 0 amide bonds. The molecule has 0 spiro atoms. The van der Waals surface area contributed by atoms with Gasteiger partial charge in [0.1, 0.15) is 16.8 Å². The number of hydrogen-bond acceptors (Lipinski definition) is 3. The number of hydrogen-bond donors (Lipinski definition) is 0. The first-order chi connectivity index (χ1) is 12.9. The van der Waals surface area contributed by atoms with Crippen LogP contribution in [-0.2, 0) is 6.18 Å². The van der Waals surface area contributed by atoms with Gasteiger partial charge in [-0.3, -0.25) is 0 Å². The maximum atomic E-state index is 12.7. The molecule has 0 radical (unpaired) electrons. The molecule has 0 saturated heterocycles. The third-order valence-electron chi connectivity index (χ3n) is 4.07. The molecule has 0 fully saturated rings. The van der Waals surface area contributed by atoms with Crippen LogP contribution in [0.25, 0.3) is 16.4 Å². The van der Waals surface area contributed by atoms with Crippen LogP contribution in [0.5, 0.6) is 11.6 Å². The van der Waals surface area contributed by atoms with E-state index in [4.69, 9.17) is 16.3 Å². The molecule has 8 heteroatoms. The minimum Gasteiger partial charge on any atom is -0.436 e. The lowest BCUT2D eigenvalue weighted by atomic mass is 10.2. The van der Waals surface area contributed by atoms with Crippen LogP contribution in [0.3, 0.4) is 0 Å². The number of nitrogens with zero attached hydrogens (tertiary/aromatic N) is 3. The number of nitriles is 1. The average Bonchev–Trinajstić information content (AvgIpc) is 2.95. The molecular weight excluding hydrogens is 379 g/mol. The zero-order valence-electron chi connectivity index (χ0n) is 13.5. The first kappa shape index (κ1) is 17.2. The summed E-state index contributed by atoms with van der Waals surface area (Å²) >= 11 is 5.89. The van der Waals surface area contributed by atoms with Gasteiger partial charge in [0.15, 0.2) is 0 Å². The van der Waals surface area contributed by atoms with Crippen molar-refractivity contribution >= 4 is 28.0 Å². The highest BCUT2D eigenvalue weighted by atomic mass is 35.5. The van der Waals surface area contributed by atoms with E-state index >= 15 is 0 Å². The molecule has 4 rings (SSSR count). The molecule has 0 aliphatic rings. The van der Waals surface area contributed by atoms with Gasteiger partial charge in [-0.1, -0.05) is 29.8 Å². The number of pyridine rings is 2. The first-order valence-electron chi connectivity index (χ1n) is 7.72. The predicted molar refractivity (Wildman–Crippen MR) is 93.9 cm³/mol. The van der Waals surface area contributed by atoms with Crippen LogP contribution < -0.4 is 4.74 Å². The molecule has 0 bridgehead atoms. The molecule has 0 aliphatic carbocycles. The summed E-state index contributed by atoms with van der Waals surface area (Å²) in [6.45, 7) is 0. The average molecular weight is 388 g/mol. The molecule has 27 heavy (non-hydrogen) atoms. The molecular formula is C19H9ClF3N3O. The normalized spacial score (nSPS) is 11.7. The topological polar surface area (TPSA) is 50.3 Å². The molecule has 0 atom stereocenters. The Morgan fingerprint density at radius 2 is 1.89 bits per heavy atom. The number of ether oxygens (including phenoxy) is 1. The summed E-state index contributed by atoms with van der Waals surface area (Å²) < 4.78 is 45.5. The quantitative estimate of drug-likeness (QED) is 0.435. The maximum absolute atomic E-state index is 12.7. The zero-order valence-corrected chi connectivity index (χ0v) is 14.2. The largest absolute Gasteiger partial charge is 0.436 e. The van der Waals surface area contributed by atoms with Gasteiger partial charge >= 0.3 is 6.18 Å². The van der Waals surface area contributed by atoms with Crippen LogP contribution in [0.2, 0.25) is 5.02 Å². The Morgan fingerprint density at radius 1 is 1.11 bits per heavy atom. The number of para-hydroxylation sites is 1. The van der Waals surface area contributed by atoms with Crippen molar-refractivity contribution < 1.29 is 17.9 Å². The van der Waals surface area contributed by atoms with Crippen molar-refractivity contribution in [1.82, 2.24) is 9.38 Å². The maximum Gasteiger partial charge on any atom is 0.417 e. The van der Waals surface area contributed by atoms with Gasteiger partial charge in [0.25, 0.3) is 0 Å². The Bertz CT molecular complexity index is 1220. The van der Waals surface area contributed by atoms with E-state index in [2.05, 4.69) is 11.1 Å². The van der Waals surface area contributed by atoms with Crippen molar-refractivity contribution in [3.05, 3.63) is 71.0 Å². The molecule has 134 valence electrons. The summed E-state index contributed by atoms with van der Waals surface area (Å²) in [5.41, 5.74) is 1.08. The van der Waals surface area contributed by atoms with Gasteiger partial charge in [0.2, 0.25) is 5.88 Å². The van der Waals surface area contributed by atoms with E-state index in [9.17, 15) is 18.4 Å². The van der Waals surface area contributed by atoms with Gasteiger partial charge in [0, 0.05) is 11.6 Å². The highest BCUT2D eigenvalue weighted by molar-refractivity contribution is 6.31. The molecule has 3 aromatic heterocycles. The Labute approximate surface area is 156 Å². The molecule has 1 aromatic carbocycles. The minimum absolute atomic E-state index is 0.138. The second kappa shape index (κ2) is 6.18. The molecule has 4 nitrogen and oxygen atoms in total. The minimum atomic E-state index is -4.54. The van der Waals surface area contributed by atoms with Gasteiger partial charge in [0.05, 0.1) is 28.4 Å². The van der Waals surface area contributed by atoms with Crippen LogP contribution in [0, 0.1) is 11.3 Å². The summed E-state index contributed by atoms with van der Waals surface area (Å²) in [5, 5.41) is 9.99. The van der Waals surface area contributed by atoms with E-state index in [-0.39, 0.29) is 10.9 Å². The molecule has 0 saturated carbocycles. The number of fused-ring (bicyclic) bond motifs is 3. The lowest BCUT2D eigenvalue weighted by molar-refractivity contribution is -0.137. The van der Waals surface area contributed by atoms with Crippen molar-refractivity contribution in [2.75, 3.05) is 0 Å². The second-order valence-electron chi connectivity index (χ2n) is 5.73. The third kappa shape index (κ3) is 2.94. The number of benzene rings is 1. The van der Waals surface area contributed by atoms with E-state index in [0.717, 1.165) is 17.0 Å². The smallest absolute Gasteiger partial charge is 0.417 e. The second-order valence-corrected chi connectivity index (χ2v) is 6.14. The van der Waals surface area contributed by atoms with E-state index in [1.165, 1.54) is 0 Å². The highest BCUT2D eigenvalue weighted by Crippen LogP contribution is 2.35. The summed E-state index contributed by atoms with van der Waals surface area (Å²) in [4.78, 5) is 3.67. The lowest BCUT2D eigenvalue weighted by Gasteiger charge is -2.10. The highest BCUT2D eigenvalue weighted by Gasteiger charge is 2.31. The van der Waals surface area contributed by atoms with Crippen LogP contribution in [0.4, 0.5) is 13.2 Å².